The van der Waals surface area contributed by atoms with Crippen molar-refractivity contribution in [2.75, 3.05) is 25.9 Å². The Hall–Kier alpha value is -1.69. The Labute approximate surface area is 110 Å². The van der Waals surface area contributed by atoms with Gasteiger partial charge in [0.25, 0.3) is 0 Å². The van der Waals surface area contributed by atoms with Crippen molar-refractivity contribution in [3.8, 4) is 0 Å². The number of carbonyl (C=O) groups is 1. The Morgan fingerprint density at radius 1 is 1.37 bits per heavy atom. The van der Waals surface area contributed by atoms with Crippen LogP contribution >= 0.6 is 0 Å². The number of nitrogens with zero attached hydrogens (tertiary/aromatic N) is 1. The van der Waals surface area contributed by atoms with E-state index in [2.05, 4.69) is 4.90 Å². The van der Waals surface area contributed by atoms with Crippen molar-refractivity contribution < 1.29 is 18.3 Å². The summed E-state index contributed by atoms with van der Waals surface area (Å²) in [5.74, 6) is -3.00. The minimum atomic E-state index is -1.06. The molecule has 0 aliphatic carbocycles. The first kappa shape index (κ1) is 13.7. The summed E-state index contributed by atoms with van der Waals surface area (Å²) >= 11 is 0. The molecule has 0 spiro atoms. The summed E-state index contributed by atoms with van der Waals surface area (Å²) in [6.45, 7) is 1.58. The standard InChI is InChI=1S/C13H16F2N2O2/c1-17-6-4-8(5-7-17)19-13(18)11-9(14)2-3-10(16)12(11)15/h2-3,8H,4-7,16H2,1H3. The van der Waals surface area contributed by atoms with Crippen LogP contribution in [0, 0.1) is 11.6 Å². The fourth-order valence-corrected chi connectivity index (χ4v) is 2.07. The van der Waals surface area contributed by atoms with E-state index < -0.39 is 23.2 Å². The van der Waals surface area contributed by atoms with Gasteiger partial charge in [0.15, 0.2) is 5.82 Å². The zero-order valence-electron chi connectivity index (χ0n) is 10.7. The molecule has 2 N–H and O–H groups in total. The Balaban J connectivity index is 2.10. The van der Waals surface area contributed by atoms with Gasteiger partial charge in [0.1, 0.15) is 17.5 Å². The monoisotopic (exact) mass is 270 g/mol. The number of hydrogen-bond acceptors (Lipinski definition) is 4. The molecule has 1 heterocycles. The van der Waals surface area contributed by atoms with E-state index >= 15 is 0 Å². The second kappa shape index (κ2) is 5.52. The molecule has 1 saturated heterocycles. The van der Waals surface area contributed by atoms with Gasteiger partial charge in [-0.25, -0.2) is 13.6 Å². The van der Waals surface area contributed by atoms with E-state index in [1.165, 1.54) is 0 Å². The molecule has 1 aliphatic heterocycles. The van der Waals surface area contributed by atoms with Crippen LogP contribution in [0.4, 0.5) is 14.5 Å². The molecule has 19 heavy (non-hydrogen) atoms. The molecule has 2 rings (SSSR count). The molecule has 4 nitrogen and oxygen atoms in total. The number of hydrogen-bond donors (Lipinski definition) is 1. The number of nitrogens with two attached hydrogens (primary N) is 1. The maximum Gasteiger partial charge on any atom is 0.344 e. The SMILES string of the molecule is CN1CCC(OC(=O)c2c(F)ccc(N)c2F)CC1. The van der Waals surface area contributed by atoms with Crippen molar-refractivity contribution in [3.63, 3.8) is 0 Å². The van der Waals surface area contributed by atoms with Crippen molar-refractivity contribution in [1.29, 1.82) is 0 Å². The van der Waals surface area contributed by atoms with Gasteiger partial charge in [-0.3, -0.25) is 0 Å². The topological polar surface area (TPSA) is 55.6 Å². The number of ether oxygens (including phenoxy) is 1. The van der Waals surface area contributed by atoms with Gasteiger partial charge in [0.05, 0.1) is 5.69 Å². The molecule has 1 aromatic rings. The number of piperidine rings is 1. The lowest BCUT2D eigenvalue weighted by atomic mass is 10.1. The predicted molar refractivity (Wildman–Crippen MR) is 66.7 cm³/mol. The third-order valence-electron chi connectivity index (χ3n) is 3.26. The molecule has 0 saturated carbocycles. The van der Waals surface area contributed by atoms with Gasteiger partial charge < -0.3 is 15.4 Å². The number of carbonyl (C=O) groups excluding carboxylic acids is 1. The van der Waals surface area contributed by atoms with Crippen LogP contribution in [0.1, 0.15) is 23.2 Å². The molecule has 0 amide bonds. The number of halogens is 2. The minimum Gasteiger partial charge on any atom is -0.459 e. The lowest BCUT2D eigenvalue weighted by Crippen LogP contribution is -2.35. The first-order valence-corrected chi connectivity index (χ1v) is 6.12. The largest absolute Gasteiger partial charge is 0.459 e. The van der Waals surface area contributed by atoms with Crippen LogP contribution in [-0.2, 0) is 4.74 Å². The summed E-state index contributed by atoms with van der Waals surface area (Å²) in [7, 11) is 1.97. The van der Waals surface area contributed by atoms with Gasteiger partial charge in [0, 0.05) is 13.1 Å². The maximum absolute atomic E-state index is 13.7. The highest BCUT2D eigenvalue weighted by Gasteiger charge is 2.25. The van der Waals surface area contributed by atoms with Crippen LogP contribution in [0.3, 0.4) is 0 Å². The fourth-order valence-electron chi connectivity index (χ4n) is 2.07. The molecule has 104 valence electrons. The molecular weight excluding hydrogens is 254 g/mol. The highest BCUT2D eigenvalue weighted by atomic mass is 19.1. The molecule has 1 aromatic carbocycles. The summed E-state index contributed by atoms with van der Waals surface area (Å²) in [4.78, 5) is 13.9. The zero-order chi connectivity index (χ0) is 14.0. The van der Waals surface area contributed by atoms with E-state index in [0.29, 0.717) is 12.8 Å². The summed E-state index contributed by atoms with van der Waals surface area (Å²) in [5.41, 5.74) is 4.35. The van der Waals surface area contributed by atoms with Gasteiger partial charge >= 0.3 is 5.97 Å². The Morgan fingerprint density at radius 2 is 2.00 bits per heavy atom. The molecule has 6 heteroatoms. The smallest absolute Gasteiger partial charge is 0.344 e. The first-order valence-electron chi connectivity index (χ1n) is 6.12. The molecule has 0 atom stereocenters. The first-order chi connectivity index (χ1) is 8.99. The number of benzene rings is 1. The summed E-state index contributed by atoms with van der Waals surface area (Å²) in [5, 5.41) is 0. The van der Waals surface area contributed by atoms with Gasteiger partial charge in [-0.2, -0.15) is 0 Å². The number of anilines is 1. The van der Waals surface area contributed by atoms with E-state index in [1.54, 1.807) is 0 Å². The van der Waals surface area contributed by atoms with Gasteiger partial charge in [-0.05, 0) is 32.0 Å². The van der Waals surface area contributed by atoms with Crippen molar-refractivity contribution >= 4 is 11.7 Å². The highest BCUT2D eigenvalue weighted by molar-refractivity contribution is 5.91. The normalized spacial score (nSPS) is 17.4. The molecule has 0 unspecified atom stereocenters. The minimum absolute atomic E-state index is 0.267. The Kier molecular flexibility index (Phi) is 3.99. The maximum atomic E-state index is 13.7. The van der Waals surface area contributed by atoms with E-state index in [-0.39, 0.29) is 11.8 Å². The second-order valence-electron chi connectivity index (χ2n) is 4.73. The number of rotatable bonds is 2. The van der Waals surface area contributed by atoms with E-state index in [9.17, 15) is 13.6 Å². The van der Waals surface area contributed by atoms with E-state index in [0.717, 1.165) is 25.2 Å². The summed E-state index contributed by atoms with van der Waals surface area (Å²) < 4.78 is 32.3. The zero-order valence-corrected chi connectivity index (χ0v) is 10.7. The van der Waals surface area contributed by atoms with Crippen molar-refractivity contribution in [2.24, 2.45) is 0 Å². The third-order valence-corrected chi connectivity index (χ3v) is 3.26. The third kappa shape index (κ3) is 3.01. The van der Waals surface area contributed by atoms with E-state index in [4.69, 9.17) is 10.5 Å². The van der Waals surface area contributed by atoms with Crippen molar-refractivity contribution in [2.45, 2.75) is 18.9 Å². The molecule has 0 aromatic heterocycles. The summed E-state index contributed by atoms with van der Waals surface area (Å²) in [6.07, 6.45) is 1.02. The van der Waals surface area contributed by atoms with E-state index in [1.807, 2.05) is 7.05 Å². The van der Waals surface area contributed by atoms with Crippen LogP contribution < -0.4 is 5.73 Å². The van der Waals surface area contributed by atoms with Crippen LogP contribution in [0.2, 0.25) is 0 Å². The molecule has 1 aliphatic rings. The van der Waals surface area contributed by atoms with Crippen LogP contribution in [0.15, 0.2) is 12.1 Å². The molecule has 1 fully saturated rings. The predicted octanol–water partition coefficient (Wildman–Crippen LogP) is 1.80. The van der Waals surface area contributed by atoms with Crippen molar-refractivity contribution in [1.82, 2.24) is 4.90 Å². The Morgan fingerprint density at radius 3 is 2.63 bits per heavy atom. The number of likely N-dealkylation sites (tertiary alicyclic amines) is 1. The van der Waals surface area contributed by atoms with Gasteiger partial charge in [-0.1, -0.05) is 0 Å². The second-order valence-corrected chi connectivity index (χ2v) is 4.73. The average molecular weight is 270 g/mol. The fraction of sp³-hybridized carbons (Fsp3) is 0.462. The number of nitrogen functional groups attached to an aromatic ring is 1. The molecule has 0 bridgehead atoms. The average Bonchev–Trinajstić information content (AvgIpc) is 2.37. The number of esters is 1. The Bertz CT molecular complexity index is 486. The van der Waals surface area contributed by atoms with Gasteiger partial charge in [-0.15, -0.1) is 0 Å². The van der Waals surface area contributed by atoms with Crippen molar-refractivity contribution in [3.05, 3.63) is 29.3 Å². The van der Waals surface area contributed by atoms with Gasteiger partial charge in [0.2, 0.25) is 0 Å². The quantitative estimate of drug-likeness (QED) is 0.657. The molecular formula is C13H16F2N2O2. The lowest BCUT2D eigenvalue weighted by Gasteiger charge is -2.28. The van der Waals surface area contributed by atoms with Crippen LogP contribution in [0.5, 0.6) is 0 Å². The van der Waals surface area contributed by atoms with Crippen LogP contribution in [0.25, 0.3) is 0 Å². The van der Waals surface area contributed by atoms with Crippen LogP contribution in [-0.4, -0.2) is 37.1 Å². The lowest BCUT2D eigenvalue weighted by molar-refractivity contribution is 0.0130. The highest BCUT2D eigenvalue weighted by Crippen LogP contribution is 2.21. The molecule has 0 radical (unpaired) electrons. The summed E-state index contributed by atoms with van der Waals surface area (Å²) in [6, 6.07) is 2.04.